The number of carbonyl (C=O) groups is 1. The quantitative estimate of drug-likeness (QED) is 0.500. The fourth-order valence-corrected chi connectivity index (χ4v) is 2.23. The number of aromatic nitrogens is 2. The Morgan fingerprint density at radius 2 is 2.35 bits per heavy atom. The van der Waals surface area contributed by atoms with Crippen molar-refractivity contribution in [1.82, 2.24) is 9.55 Å². The number of nitrogen functional groups attached to an aromatic ring is 1. The summed E-state index contributed by atoms with van der Waals surface area (Å²) < 4.78 is 12.3. The SMILES string of the molecule is CCO[C@@H]1[C@H](O)[C@@H](CO)O[C@H]1n1cnc(C(N)=O)c1N. The first-order chi connectivity index (χ1) is 9.51. The van der Waals surface area contributed by atoms with Gasteiger partial charge in [-0.15, -0.1) is 0 Å². The molecule has 1 saturated heterocycles. The molecule has 9 heteroatoms. The van der Waals surface area contributed by atoms with Gasteiger partial charge in [0.2, 0.25) is 0 Å². The van der Waals surface area contributed by atoms with Crippen molar-refractivity contribution < 1.29 is 24.5 Å². The second kappa shape index (κ2) is 5.75. The molecule has 1 aromatic heterocycles. The minimum Gasteiger partial charge on any atom is -0.394 e. The Balaban J connectivity index is 2.32. The van der Waals surface area contributed by atoms with Gasteiger partial charge in [0.1, 0.15) is 24.1 Å². The lowest BCUT2D eigenvalue weighted by Crippen LogP contribution is -2.35. The van der Waals surface area contributed by atoms with Crippen LogP contribution in [0, 0.1) is 0 Å². The topological polar surface area (TPSA) is 146 Å². The van der Waals surface area contributed by atoms with E-state index in [9.17, 15) is 15.0 Å². The van der Waals surface area contributed by atoms with E-state index in [1.54, 1.807) is 6.92 Å². The third-order valence-corrected chi connectivity index (χ3v) is 3.19. The van der Waals surface area contributed by atoms with Crippen LogP contribution in [0.15, 0.2) is 6.33 Å². The zero-order chi connectivity index (χ0) is 14.9. The van der Waals surface area contributed by atoms with Crippen LogP contribution in [-0.4, -0.2) is 57.2 Å². The van der Waals surface area contributed by atoms with Crippen LogP contribution >= 0.6 is 0 Å². The van der Waals surface area contributed by atoms with Gasteiger partial charge in [-0.2, -0.15) is 0 Å². The van der Waals surface area contributed by atoms with Gasteiger partial charge in [0.05, 0.1) is 12.9 Å². The molecule has 1 aromatic rings. The predicted octanol–water partition coefficient (Wildman–Crippen LogP) is -1.78. The Morgan fingerprint density at radius 3 is 2.85 bits per heavy atom. The molecular weight excluding hydrogens is 268 g/mol. The predicted molar refractivity (Wildman–Crippen MR) is 67.6 cm³/mol. The normalized spacial score (nSPS) is 29.8. The van der Waals surface area contributed by atoms with E-state index in [0.717, 1.165) is 0 Å². The summed E-state index contributed by atoms with van der Waals surface area (Å²) >= 11 is 0. The summed E-state index contributed by atoms with van der Waals surface area (Å²) in [6.45, 7) is 1.75. The van der Waals surface area contributed by atoms with Crippen molar-refractivity contribution in [3.05, 3.63) is 12.0 Å². The van der Waals surface area contributed by atoms with Crippen molar-refractivity contribution in [3.63, 3.8) is 0 Å². The van der Waals surface area contributed by atoms with Gasteiger partial charge in [-0.1, -0.05) is 0 Å². The number of amides is 1. The second-order valence-corrected chi connectivity index (χ2v) is 4.41. The molecule has 112 valence electrons. The molecule has 0 aromatic carbocycles. The van der Waals surface area contributed by atoms with Gasteiger partial charge in [-0.3, -0.25) is 9.36 Å². The van der Waals surface area contributed by atoms with Gasteiger partial charge in [0, 0.05) is 6.61 Å². The highest BCUT2D eigenvalue weighted by Gasteiger charge is 2.45. The molecular formula is C11H18N4O5. The molecule has 20 heavy (non-hydrogen) atoms. The van der Waals surface area contributed by atoms with Crippen LogP contribution < -0.4 is 11.5 Å². The van der Waals surface area contributed by atoms with Crippen LogP contribution in [0.3, 0.4) is 0 Å². The Morgan fingerprint density at radius 1 is 1.65 bits per heavy atom. The molecule has 0 saturated carbocycles. The maximum atomic E-state index is 11.1. The van der Waals surface area contributed by atoms with Gasteiger partial charge < -0.3 is 31.2 Å². The van der Waals surface area contributed by atoms with Crippen LogP contribution in [0.25, 0.3) is 0 Å². The van der Waals surface area contributed by atoms with Crippen molar-refractivity contribution in [2.75, 3.05) is 18.9 Å². The molecule has 1 amide bonds. The molecule has 0 bridgehead atoms. The second-order valence-electron chi connectivity index (χ2n) is 4.41. The van der Waals surface area contributed by atoms with Gasteiger partial charge in [-0.05, 0) is 6.92 Å². The molecule has 0 unspecified atom stereocenters. The number of primary amides is 1. The summed E-state index contributed by atoms with van der Waals surface area (Å²) in [4.78, 5) is 15.0. The fraction of sp³-hybridized carbons (Fsp3) is 0.636. The van der Waals surface area contributed by atoms with Crippen molar-refractivity contribution in [2.24, 2.45) is 5.73 Å². The Kier molecular flexibility index (Phi) is 4.23. The van der Waals surface area contributed by atoms with Crippen molar-refractivity contribution >= 4 is 11.7 Å². The molecule has 9 nitrogen and oxygen atoms in total. The van der Waals surface area contributed by atoms with Crippen LogP contribution in [0.4, 0.5) is 5.82 Å². The number of imidazole rings is 1. The monoisotopic (exact) mass is 286 g/mol. The van der Waals surface area contributed by atoms with Gasteiger partial charge in [0.25, 0.3) is 5.91 Å². The highest BCUT2D eigenvalue weighted by molar-refractivity contribution is 5.95. The number of aliphatic hydroxyl groups excluding tert-OH is 2. The van der Waals surface area contributed by atoms with E-state index in [1.807, 2.05) is 0 Å². The highest BCUT2D eigenvalue weighted by atomic mass is 16.6. The van der Waals surface area contributed by atoms with E-state index < -0.39 is 30.4 Å². The standard InChI is InChI=1S/C11H18N4O5/c1-2-19-8-7(17)5(3-16)20-11(8)15-4-14-6(9(15)12)10(13)18/h4-5,7-8,11,16-17H,2-3,12H2,1H3,(H2,13,18)/t5-,7-,8-,11-/m1/s1. The maximum absolute atomic E-state index is 11.1. The van der Waals surface area contributed by atoms with Gasteiger partial charge >= 0.3 is 0 Å². The van der Waals surface area contributed by atoms with Gasteiger partial charge in [0.15, 0.2) is 11.9 Å². The lowest BCUT2D eigenvalue weighted by atomic mass is 10.1. The first kappa shape index (κ1) is 14.7. The first-order valence-corrected chi connectivity index (χ1v) is 6.19. The lowest BCUT2D eigenvalue weighted by Gasteiger charge is -2.21. The maximum Gasteiger partial charge on any atom is 0.271 e. The molecule has 0 radical (unpaired) electrons. The average molecular weight is 286 g/mol. The summed E-state index contributed by atoms with van der Waals surface area (Å²) in [5.41, 5.74) is 10.9. The van der Waals surface area contributed by atoms with Crippen molar-refractivity contribution in [2.45, 2.75) is 31.5 Å². The van der Waals surface area contributed by atoms with Gasteiger partial charge in [-0.25, -0.2) is 4.98 Å². The van der Waals surface area contributed by atoms with E-state index in [2.05, 4.69) is 4.98 Å². The van der Waals surface area contributed by atoms with Crippen molar-refractivity contribution in [3.8, 4) is 0 Å². The average Bonchev–Trinajstić information content (AvgIpc) is 2.92. The smallest absolute Gasteiger partial charge is 0.271 e. The number of aliphatic hydroxyl groups is 2. The third-order valence-electron chi connectivity index (χ3n) is 3.19. The zero-order valence-corrected chi connectivity index (χ0v) is 11.0. The number of carbonyl (C=O) groups excluding carboxylic acids is 1. The summed E-state index contributed by atoms with van der Waals surface area (Å²) in [5.74, 6) is -0.732. The molecule has 1 aliphatic rings. The molecule has 2 heterocycles. The lowest BCUT2D eigenvalue weighted by molar-refractivity contribution is -0.0684. The molecule has 0 spiro atoms. The third kappa shape index (κ3) is 2.36. The van der Waals surface area contributed by atoms with Crippen LogP contribution in [-0.2, 0) is 9.47 Å². The number of hydrogen-bond acceptors (Lipinski definition) is 7. The van der Waals surface area contributed by atoms with Crippen molar-refractivity contribution in [1.29, 1.82) is 0 Å². The zero-order valence-electron chi connectivity index (χ0n) is 11.0. The van der Waals surface area contributed by atoms with Crippen LogP contribution in [0.2, 0.25) is 0 Å². The number of rotatable bonds is 5. The fourth-order valence-electron chi connectivity index (χ4n) is 2.23. The highest BCUT2D eigenvalue weighted by Crippen LogP contribution is 2.33. The number of ether oxygens (including phenoxy) is 2. The van der Waals surface area contributed by atoms with Crippen LogP contribution in [0.5, 0.6) is 0 Å². The van der Waals surface area contributed by atoms with E-state index >= 15 is 0 Å². The van der Waals surface area contributed by atoms with E-state index in [4.69, 9.17) is 20.9 Å². The molecule has 0 aliphatic carbocycles. The molecule has 1 aliphatic heterocycles. The van der Waals surface area contributed by atoms with Crippen LogP contribution in [0.1, 0.15) is 23.6 Å². The summed E-state index contributed by atoms with van der Waals surface area (Å²) in [7, 11) is 0. The molecule has 6 N–H and O–H groups in total. The molecule has 4 atom stereocenters. The van der Waals surface area contributed by atoms with E-state index in [0.29, 0.717) is 6.61 Å². The minimum atomic E-state index is -1.01. The number of hydrogen-bond donors (Lipinski definition) is 4. The summed E-state index contributed by atoms with van der Waals surface area (Å²) in [6.07, 6.45) is -2.03. The number of anilines is 1. The Hall–Kier alpha value is -1.68. The number of nitrogens with two attached hydrogens (primary N) is 2. The van der Waals surface area contributed by atoms with E-state index in [-0.39, 0.29) is 18.1 Å². The largest absolute Gasteiger partial charge is 0.394 e. The molecule has 1 fully saturated rings. The summed E-state index contributed by atoms with van der Waals surface area (Å²) in [6, 6.07) is 0. The number of nitrogens with zero attached hydrogens (tertiary/aromatic N) is 2. The minimum absolute atomic E-state index is 0.0259. The first-order valence-electron chi connectivity index (χ1n) is 6.19. The van der Waals surface area contributed by atoms with E-state index in [1.165, 1.54) is 10.9 Å². The Bertz CT molecular complexity index is 491. The Labute approximate surface area is 115 Å². The molecule has 2 rings (SSSR count). The summed E-state index contributed by atoms with van der Waals surface area (Å²) in [5, 5.41) is 19.2.